The molecule has 3 rings (SSSR count). The average Bonchev–Trinajstić information content (AvgIpc) is 2.98. The number of para-hydroxylation sites is 1. The maximum atomic E-state index is 14.5. The van der Waals surface area contributed by atoms with Crippen LogP contribution in [0.15, 0.2) is 48.5 Å². The van der Waals surface area contributed by atoms with Crippen molar-refractivity contribution >= 4 is 21.6 Å². The predicted molar refractivity (Wildman–Crippen MR) is 79.9 cm³/mol. The molecule has 126 valence electrons. The molecule has 0 radical (unpaired) electrons. The second-order valence-corrected chi connectivity index (χ2v) is 6.16. The van der Waals surface area contributed by atoms with Crippen molar-refractivity contribution in [2.24, 2.45) is 0 Å². The van der Waals surface area contributed by atoms with Gasteiger partial charge in [0.25, 0.3) is 0 Å². The SMILES string of the molecule is OC(c1ccc(C(F)(F)F)cc1)C(F)(F)c1nc2ccccc2s1. The first-order valence-electron chi connectivity index (χ1n) is 6.78. The molecule has 0 aliphatic carbocycles. The lowest BCUT2D eigenvalue weighted by atomic mass is 10.0. The summed E-state index contributed by atoms with van der Waals surface area (Å²) in [6.45, 7) is 0. The highest BCUT2D eigenvalue weighted by Crippen LogP contribution is 2.43. The van der Waals surface area contributed by atoms with Crippen LogP contribution in [0, 0.1) is 0 Å². The number of thiazole rings is 1. The van der Waals surface area contributed by atoms with Crippen LogP contribution in [-0.2, 0) is 12.1 Å². The summed E-state index contributed by atoms with van der Waals surface area (Å²) in [4.78, 5) is 3.82. The van der Waals surface area contributed by atoms with E-state index >= 15 is 0 Å². The van der Waals surface area contributed by atoms with Crippen molar-refractivity contribution in [1.82, 2.24) is 4.98 Å². The van der Waals surface area contributed by atoms with Gasteiger partial charge in [0, 0.05) is 0 Å². The number of aromatic nitrogens is 1. The summed E-state index contributed by atoms with van der Waals surface area (Å²) in [5.41, 5.74) is -0.911. The zero-order valence-corrected chi connectivity index (χ0v) is 12.7. The van der Waals surface area contributed by atoms with Crippen molar-refractivity contribution in [2.75, 3.05) is 0 Å². The van der Waals surface area contributed by atoms with Crippen molar-refractivity contribution in [3.05, 3.63) is 64.7 Å². The van der Waals surface area contributed by atoms with Gasteiger partial charge in [0.05, 0.1) is 15.8 Å². The minimum Gasteiger partial charge on any atom is -0.382 e. The molecule has 0 aliphatic heterocycles. The van der Waals surface area contributed by atoms with Crippen LogP contribution >= 0.6 is 11.3 Å². The van der Waals surface area contributed by atoms with E-state index in [-0.39, 0.29) is 5.56 Å². The third kappa shape index (κ3) is 2.99. The second-order valence-electron chi connectivity index (χ2n) is 5.13. The van der Waals surface area contributed by atoms with Crippen LogP contribution < -0.4 is 0 Å². The lowest BCUT2D eigenvalue weighted by Crippen LogP contribution is -2.23. The Morgan fingerprint density at radius 1 is 0.917 bits per heavy atom. The van der Waals surface area contributed by atoms with Crippen molar-refractivity contribution in [3.63, 3.8) is 0 Å². The summed E-state index contributed by atoms with van der Waals surface area (Å²) in [7, 11) is 0. The first kappa shape index (κ1) is 16.8. The lowest BCUT2D eigenvalue weighted by molar-refractivity contribution is -0.137. The molecule has 1 atom stereocenters. The minimum atomic E-state index is -4.57. The van der Waals surface area contributed by atoms with E-state index in [0.717, 1.165) is 23.5 Å². The van der Waals surface area contributed by atoms with Crippen molar-refractivity contribution in [2.45, 2.75) is 18.2 Å². The Bertz CT molecular complexity index is 824. The topological polar surface area (TPSA) is 33.1 Å². The molecule has 8 heteroatoms. The van der Waals surface area contributed by atoms with E-state index in [2.05, 4.69) is 4.98 Å². The molecule has 1 heterocycles. The molecule has 1 N–H and O–H groups in total. The lowest BCUT2D eigenvalue weighted by Gasteiger charge is -2.21. The van der Waals surface area contributed by atoms with Gasteiger partial charge in [-0.3, -0.25) is 0 Å². The van der Waals surface area contributed by atoms with Gasteiger partial charge < -0.3 is 5.11 Å². The highest BCUT2D eigenvalue weighted by atomic mass is 32.1. The molecule has 0 spiro atoms. The highest BCUT2D eigenvalue weighted by molar-refractivity contribution is 7.18. The Morgan fingerprint density at radius 3 is 2.12 bits per heavy atom. The van der Waals surface area contributed by atoms with Crippen LogP contribution in [0.2, 0.25) is 0 Å². The van der Waals surface area contributed by atoms with Crippen molar-refractivity contribution < 1.29 is 27.1 Å². The summed E-state index contributed by atoms with van der Waals surface area (Å²) < 4.78 is 67.1. The van der Waals surface area contributed by atoms with E-state index in [4.69, 9.17) is 0 Å². The Morgan fingerprint density at radius 2 is 1.54 bits per heavy atom. The second kappa shape index (κ2) is 5.78. The van der Waals surface area contributed by atoms with Crippen LogP contribution in [-0.4, -0.2) is 10.1 Å². The smallest absolute Gasteiger partial charge is 0.382 e. The van der Waals surface area contributed by atoms with Gasteiger partial charge in [-0.1, -0.05) is 24.3 Å². The molecule has 0 amide bonds. The van der Waals surface area contributed by atoms with Gasteiger partial charge in [-0.05, 0) is 29.8 Å². The Kier molecular flexibility index (Phi) is 4.05. The fourth-order valence-electron chi connectivity index (χ4n) is 2.20. The van der Waals surface area contributed by atoms with E-state index in [9.17, 15) is 27.1 Å². The number of nitrogens with zero attached hydrogens (tertiary/aromatic N) is 1. The predicted octanol–water partition coefficient (Wildman–Crippen LogP) is 5.14. The van der Waals surface area contributed by atoms with Gasteiger partial charge in [-0.2, -0.15) is 22.0 Å². The summed E-state index contributed by atoms with van der Waals surface area (Å²) in [5, 5.41) is 9.37. The molecule has 2 aromatic carbocycles. The molecule has 2 nitrogen and oxygen atoms in total. The molecule has 0 fully saturated rings. The minimum absolute atomic E-state index is 0.313. The monoisotopic (exact) mass is 359 g/mol. The van der Waals surface area contributed by atoms with Gasteiger partial charge in [0.1, 0.15) is 6.10 Å². The maximum absolute atomic E-state index is 14.5. The van der Waals surface area contributed by atoms with Gasteiger partial charge in [0.15, 0.2) is 5.01 Å². The Labute approximate surface area is 137 Å². The number of halogens is 5. The number of hydrogen-bond donors (Lipinski definition) is 1. The zero-order valence-electron chi connectivity index (χ0n) is 11.9. The third-order valence-corrected chi connectivity index (χ3v) is 4.60. The largest absolute Gasteiger partial charge is 0.416 e. The number of aliphatic hydroxyl groups excluding tert-OH is 1. The van der Waals surface area contributed by atoms with E-state index in [1.165, 1.54) is 0 Å². The van der Waals surface area contributed by atoms with Gasteiger partial charge >= 0.3 is 12.1 Å². The molecular weight excluding hydrogens is 349 g/mol. The normalized spacial score (nSPS) is 14.1. The number of alkyl halides is 5. The first-order valence-corrected chi connectivity index (χ1v) is 7.60. The number of benzene rings is 2. The van der Waals surface area contributed by atoms with E-state index in [1.54, 1.807) is 24.3 Å². The van der Waals surface area contributed by atoms with E-state index in [0.29, 0.717) is 22.3 Å². The molecule has 0 aliphatic rings. The fourth-order valence-corrected chi connectivity index (χ4v) is 3.16. The van der Waals surface area contributed by atoms with Crippen molar-refractivity contribution in [3.8, 4) is 0 Å². The number of hydrogen-bond acceptors (Lipinski definition) is 3. The molecule has 3 aromatic rings. The van der Waals surface area contributed by atoms with Gasteiger partial charge in [-0.25, -0.2) is 4.98 Å². The van der Waals surface area contributed by atoms with Crippen LogP contribution in [0.25, 0.3) is 10.2 Å². The zero-order chi connectivity index (χ0) is 17.5. The van der Waals surface area contributed by atoms with Crippen LogP contribution in [0.1, 0.15) is 22.2 Å². The molecule has 0 saturated heterocycles. The average molecular weight is 359 g/mol. The maximum Gasteiger partial charge on any atom is 0.416 e. The summed E-state index contributed by atoms with van der Waals surface area (Å²) in [6, 6.07) is 9.52. The molecule has 1 unspecified atom stereocenters. The van der Waals surface area contributed by atoms with Gasteiger partial charge in [0.2, 0.25) is 0 Å². The Balaban J connectivity index is 1.93. The molecule has 24 heavy (non-hydrogen) atoms. The molecule has 0 bridgehead atoms. The van der Waals surface area contributed by atoms with E-state index < -0.39 is 28.8 Å². The first-order chi connectivity index (χ1) is 11.2. The molecule has 0 saturated carbocycles. The number of rotatable bonds is 3. The highest BCUT2D eigenvalue weighted by Gasteiger charge is 2.44. The Hall–Kier alpha value is -2.06. The summed E-state index contributed by atoms with van der Waals surface area (Å²) >= 11 is 0.734. The van der Waals surface area contributed by atoms with Crippen LogP contribution in [0.3, 0.4) is 0 Å². The van der Waals surface area contributed by atoms with Crippen molar-refractivity contribution in [1.29, 1.82) is 0 Å². The van der Waals surface area contributed by atoms with Crippen LogP contribution in [0.5, 0.6) is 0 Å². The summed E-state index contributed by atoms with van der Waals surface area (Å²) in [6.07, 6.45) is -6.86. The van der Waals surface area contributed by atoms with Gasteiger partial charge in [-0.15, -0.1) is 11.3 Å². The molecule has 1 aromatic heterocycles. The summed E-state index contributed by atoms with van der Waals surface area (Å²) in [5.74, 6) is -3.72. The molecular formula is C16H10F5NOS. The standard InChI is InChI=1S/C16H10F5NOS/c17-15(18,14-22-11-3-1-2-4-12(11)24-14)13(23)9-5-7-10(8-6-9)16(19,20)21/h1-8,13,23H. The quantitative estimate of drug-likeness (QED) is 0.657. The van der Waals surface area contributed by atoms with E-state index in [1.807, 2.05) is 0 Å². The fraction of sp³-hybridized carbons (Fsp3) is 0.188. The number of fused-ring (bicyclic) bond motifs is 1. The number of aliphatic hydroxyl groups is 1. The third-order valence-electron chi connectivity index (χ3n) is 3.48. The van der Waals surface area contributed by atoms with Crippen LogP contribution in [0.4, 0.5) is 22.0 Å².